The summed E-state index contributed by atoms with van der Waals surface area (Å²) >= 11 is 0. The van der Waals surface area contributed by atoms with Crippen molar-refractivity contribution in [1.29, 1.82) is 0 Å². The molecule has 0 radical (unpaired) electrons. The van der Waals surface area contributed by atoms with Gasteiger partial charge in [0.05, 0.1) is 0 Å². The number of carbonyl (C=O) groups excluding carboxylic acids is 3. The van der Waals surface area contributed by atoms with Crippen LogP contribution >= 0.6 is 0 Å². The summed E-state index contributed by atoms with van der Waals surface area (Å²) in [5.41, 5.74) is 0. The molecule has 1 unspecified atom stereocenters. The van der Waals surface area contributed by atoms with Crippen molar-refractivity contribution < 1.29 is 28.6 Å². The molecule has 6 heteroatoms. The summed E-state index contributed by atoms with van der Waals surface area (Å²) in [5.74, 6) is -0.854. The van der Waals surface area contributed by atoms with Crippen LogP contribution in [0.4, 0.5) is 0 Å². The summed E-state index contributed by atoms with van der Waals surface area (Å²) in [6.07, 6.45) is 87.2. The van der Waals surface area contributed by atoms with Gasteiger partial charge in [-0.25, -0.2) is 0 Å². The molecule has 0 rings (SSSR count). The molecule has 0 N–H and O–H groups in total. The first kappa shape index (κ1) is 77.4. The predicted octanol–water partition coefficient (Wildman–Crippen LogP) is 24.5. The molecular formula is C74H136O6. The third-order valence-electron chi connectivity index (χ3n) is 16.1. The van der Waals surface area contributed by atoms with E-state index in [2.05, 4.69) is 69.4 Å². The Labute approximate surface area is 498 Å². The lowest BCUT2D eigenvalue weighted by Crippen LogP contribution is -2.30. The topological polar surface area (TPSA) is 78.9 Å². The molecule has 0 bridgehead atoms. The molecule has 0 aliphatic rings. The summed E-state index contributed by atoms with van der Waals surface area (Å²) in [6.45, 7) is 6.59. The number of carbonyl (C=O) groups is 3. The number of hydrogen-bond donors (Lipinski definition) is 0. The first-order valence-corrected chi connectivity index (χ1v) is 35.6. The maximum atomic E-state index is 12.9. The number of rotatable bonds is 66. The summed E-state index contributed by atoms with van der Waals surface area (Å²) < 4.78 is 17.0. The van der Waals surface area contributed by atoms with Crippen LogP contribution in [-0.2, 0) is 28.6 Å². The van der Waals surface area contributed by atoms with Gasteiger partial charge in [-0.15, -0.1) is 0 Å². The smallest absolute Gasteiger partial charge is 0.306 e. The number of hydrogen-bond acceptors (Lipinski definition) is 6. The Balaban J connectivity index is 4.21. The standard InChI is InChI=1S/C74H136O6/c1-4-7-10-13-16-19-22-25-28-31-32-33-34-35-36-37-38-39-40-41-42-44-46-49-52-55-58-61-64-67-73(76)79-70-71(69-78-72(75)66-63-60-57-54-51-48-45-30-27-24-21-18-15-12-9-6-3)80-74(77)68-65-62-59-56-53-50-47-43-29-26-23-20-17-14-11-8-5-2/h8,11,17,20,26,29,31-32,71H,4-7,9-10,12-16,18-19,21-25,27-28,30,33-70H2,1-3H3/b11-8-,20-17-,29-26-,32-31-. The summed E-state index contributed by atoms with van der Waals surface area (Å²) in [5, 5.41) is 0. The first-order valence-electron chi connectivity index (χ1n) is 35.6. The molecule has 1 atom stereocenters. The molecule has 468 valence electrons. The average molecular weight is 1120 g/mol. The molecular weight excluding hydrogens is 985 g/mol. The fourth-order valence-electron chi connectivity index (χ4n) is 10.8. The van der Waals surface area contributed by atoms with E-state index in [1.165, 1.54) is 263 Å². The highest BCUT2D eigenvalue weighted by atomic mass is 16.6. The summed E-state index contributed by atoms with van der Waals surface area (Å²) in [4.78, 5) is 38.4. The molecule has 0 aromatic heterocycles. The molecule has 0 aromatic rings. The van der Waals surface area contributed by atoms with Gasteiger partial charge >= 0.3 is 17.9 Å². The minimum atomic E-state index is -0.777. The van der Waals surface area contributed by atoms with Crippen LogP contribution < -0.4 is 0 Å². The van der Waals surface area contributed by atoms with Gasteiger partial charge in [-0.05, 0) is 77.0 Å². The van der Waals surface area contributed by atoms with E-state index in [0.29, 0.717) is 19.3 Å². The Hall–Kier alpha value is -2.63. The van der Waals surface area contributed by atoms with Gasteiger partial charge < -0.3 is 14.2 Å². The second-order valence-corrected chi connectivity index (χ2v) is 24.1. The van der Waals surface area contributed by atoms with Crippen molar-refractivity contribution in [2.24, 2.45) is 0 Å². The Kier molecular flexibility index (Phi) is 66.6. The zero-order valence-electron chi connectivity index (χ0n) is 53.9. The average Bonchev–Trinajstić information content (AvgIpc) is 3.46. The maximum Gasteiger partial charge on any atom is 0.306 e. The Morgan fingerprint density at radius 3 is 0.775 bits per heavy atom. The zero-order valence-corrected chi connectivity index (χ0v) is 53.9. The van der Waals surface area contributed by atoms with Crippen molar-refractivity contribution in [2.75, 3.05) is 13.2 Å². The van der Waals surface area contributed by atoms with Crippen LogP contribution in [0.5, 0.6) is 0 Å². The third-order valence-corrected chi connectivity index (χ3v) is 16.1. The molecule has 0 saturated carbocycles. The molecule has 0 aliphatic carbocycles. The van der Waals surface area contributed by atoms with Crippen molar-refractivity contribution in [3.63, 3.8) is 0 Å². The normalized spacial score (nSPS) is 12.3. The second kappa shape index (κ2) is 68.9. The molecule has 0 aliphatic heterocycles. The molecule has 0 fully saturated rings. The van der Waals surface area contributed by atoms with E-state index in [-0.39, 0.29) is 31.1 Å². The van der Waals surface area contributed by atoms with Gasteiger partial charge in [-0.1, -0.05) is 339 Å². The first-order chi connectivity index (χ1) is 39.5. The lowest BCUT2D eigenvalue weighted by Gasteiger charge is -2.18. The van der Waals surface area contributed by atoms with Crippen LogP contribution in [0.1, 0.15) is 387 Å². The summed E-state index contributed by atoms with van der Waals surface area (Å²) in [6, 6.07) is 0. The highest BCUT2D eigenvalue weighted by Crippen LogP contribution is 2.18. The molecule has 0 heterocycles. The molecule has 0 amide bonds. The highest BCUT2D eigenvalue weighted by molar-refractivity contribution is 5.71. The van der Waals surface area contributed by atoms with Crippen LogP contribution in [0.2, 0.25) is 0 Å². The van der Waals surface area contributed by atoms with Crippen molar-refractivity contribution >= 4 is 17.9 Å². The minimum Gasteiger partial charge on any atom is -0.462 e. The van der Waals surface area contributed by atoms with Gasteiger partial charge in [0.25, 0.3) is 0 Å². The maximum absolute atomic E-state index is 12.9. The van der Waals surface area contributed by atoms with Crippen LogP contribution in [-0.4, -0.2) is 37.2 Å². The monoisotopic (exact) mass is 1120 g/mol. The molecule has 6 nitrogen and oxygen atoms in total. The van der Waals surface area contributed by atoms with E-state index >= 15 is 0 Å². The lowest BCUT2D eigenvalue weighted by atomic mass is 10.0. The Morgan fingerprint density at radius 1 is 0.263 bits per heavy atom. The molecule has 0 spiro atoms. The molecule has 80 heavy (non-hydrogen) atoms. The van der Waals surface area contributed by atoms with Crippen molar-refractivity contribution in [3.8, 4) is 0 Å². The molecule has 0 aromatic carbocycles. The van der Waals surface area contributed by atoms with Gasteiger partial charge in [0, 0.05) is 19.3 Å². The number of ether oxygens (including phenoxy) is 3. The Morgan fingerprint density at radius 2 is 0.487 bits per heavy atom. The van der Waals surface area contributed by atoms with Gasteiger partial charge in [0.2, 0.25) is 0 Å². The minimum absolute atomic E-state index is 0.0721. The van der Waals surface area contributed by atoms with Crippen LogP contribution in [0.3, 0.4) is 0 Å². The van der Waals surface area contributed by atoms with Gasteiger partial charge in [0.1, 0.15) is 13.2 Å². The fraction of sp³-hybridized carbons (Fsp3) is 0.851. The van der Waals surface area contributed by atoms with Crippen LogP contribution in [0.25, 0.3) is 0 Å². The van der Waals surface area contributed by atoms with E-state index in [0.717, 1.165) is 83.5 Å². The summed E-state index contributed by atoms with van der Waals surface area (Å²) in [7, 11) is 0. The van der Waals surface area contributed by atoms with E-state index in [1.807, 2.05) is 0 Å². The highest BCUT2D eigenvalue weighted by Gasteiger charge is 2.19. The van der Waals surface area contributed by atoms with Gasteiger partial charge in [0.15, 0.2) is 6.10 Å². The van der Waals surface area contributed by atoms with Crippen molar-refractivity contribution in [1.82, 2.24) is 0 Å². The van der Waals surface area contributed by atoms with E-state index in [9.17, 15) is 14.4 Å². The van der Waals surface area contributed by atoms with Crippen molar-refractivity contribution in [3.05, 3.63) is 48.6 Å². The number of esters is 3. The number of unbranched alkanes of at least 4 members (excludes halogenated alkanes) is 47. The van der Waals surface area contributed by atoms with E-state index < -0.39 is 6.10 Å². The number of allylic oxidation sites excluding steroid dienone is 8. The third kappa shape index (κ3) is 66.2. The largest absolute Gasteiger partial charge is 0.462 e. The lowest BCUT2D eigenvalue weighted by molar-refractivity contribution is -0.167. The quantitative estimate of drug-likeness (QED) is 0.0261. The second-order valence-electron chi connectivity index (χ2n) is 24.1. The zero-order chi connectivity index (χ0) is 57.8. The molecule has 0 saturated heterocycles. The van der Waals surface area contributed by atoms with Crippen molar-refractivity contribution in [2.45, 2.75) is 393 Å². The van der Waals surface area contributed by atoms with E-state index in [1.54, 1.807) is 0 Å². The van der Waals surface area contributed by atoms with Gasteiger partial charge in [-0.3, -0.25) is 14.4 Å². The van der Waals surface area contributed by atoms with Crippen LogP contribution in [0.15, 0.2) is 48.6 Å². The SMILES string of the molecule is CC/C=C\C/C=C\C/C=C\CCCCCCCCCC(=O)OC(COC(=O)CCCCCCCCCCCCCCCCCC)COC(=O)CCCCCCCCCCCCCCCCCCC/C=C\CCCCCCCCCC. The predicted molar refractivity (Wildman–Crippen MR) is 349 cm³/mol. The fourth-order valence-corrected chi connectivity index (χ4v) is 10.8. The van der Waals surface area contributed by atoms with Crippen LogP contribution in [0, 0.1) is 0 Å². The van der Waals surface area contributed by atoms with E-state index in [4.69, 9.17) is 14.2 Å². The van der Waals surface area contributed by atoms with Gasteiger partial charge in [-0.2, -0.15) is 0 Å². The Bertz CT molecular complexity index is 1380.